The Bertz CT molecular complexity index is 548. The number of alkyl halides is 3. The molecule has 116 valence electrons. The minimum absolute atomic E-state index is 0.103. The number of amidine groups is 1. The van der Waals surface area contributed by atoms with Crippen molar-refractivity contribution in [1.82, 2.24) is 0 Å². The number of benzene rings is 1. The summed E-state index contributed by atoms with van der Waals surface area (Å²) >= 11 is 1.81. The van der Waals surface area contributed by atoms with Crippen molar-refractivity contribution < 1.29 is 18.4 Å². The summed E-state index contributed by atoms with van der Waals surface area (Å²) in [6.07, 6.45) is -4.46. The molecular weight excluding hydrogens is 303 g/mol. The monoisotopic (exact) mass is 319 g/mol. The summed E-state index contributed by atoms with van der Waals surface area (Å²) in [5.74, 6) is 0.569. The third kappa shape index (κ3) is 3.55. The van der Waals surface area contributed by atoms with Gasteiger partial charge < -0.3 is 15.8 Å². The molecule has 1 aromatic rings. The first-order valence-corrected chi connectivity index (χ1v) is 7.43. The van der Waals surface area contributed by atoms with Gasteiger partial charge in [0.25, 0.3) is 0 Å². The van der Waals surface area contributed by atoms with Crippen molar-refractivity contribution >= 4 is 23.3 Å². The number of halogens is 3. The highest BCUT2D eigenvalue weighted by molar-refractivity contribution is 8.00. The van der Waals surface area contributed by atoms with Gasteiger partial charge in [-0.3, -0.25) is 0 Å². The van der Waals surface area contributed by atoms with E-state index in [0.717, 1.165) is 17.9 Å². The Morgan fingerprint density at radius 1 is 1.48 bits per heavy atom. The molecule has 1 heterocycles. The van der Waals surface area contributed by atoms with E-state index in [1.807, 2.05) is 16.7 Å². The first-order chi connectivity index (χ1) is 9.82. The van der Waals surface area contributed by atoms with E-state index in [9.17, 15) is 13.2 Å². The van der Waals surface area contributed by atoms with E-state index in [1.54, 1.807) is 0 Å². The van der Waals surface area contributed by atoms with E-state index in [1.165, 1.54) is 6.07 Å². The van der Waals surface area contributed by atoms with Gasteiger partial charge in [0.1, 0.15) is 0 Å². The average Bonchev–Trinajstić information content (AvgIpc) is 2.45. The smallest absolute Gasteiger partial charge is 0.409 e. The number of thioether (sulfide) groups is 1. The number of nitrogens with zero attached hydrogens (tertiary/aromatic N) is 2. The maximum absolute atomic E-state index is 12.8. The number of nitrogens with two attached hydrogens (primary N) is 1. The van der Waals surface area contributed by atoms with Gasteiger partial charge in [-0.1, -0.05) is 12.1 Å². The van der Waals surface area contributed by atoms with Crippen molar-refractivity contribution in [3.05, 3.63) is 29.3 Å². The fraction of sp³-hybridized carbons (Fsp3) is 0.462. The number of hydrogen-bond donors (Lipinski definition) is 2. The Hall–Kier alpha value is -1.57. The summed E-state index contributed by atoms with van der Waals surface area (Å²) in [5, 5.41) is 12.0. The van der Waals surface area contributed by atoms with Crippen LogP contribution in [0.2, 0.25) is 0 Å². The number of oxime groups is 1. The minimum atomic E-state index is -4.46. The molecule has 2 rings (SSSR count). The van der Waals surface area contributed by atoms with Crippen molar-refractivity contribution in [3.63, 3.8) is 0 Å². The number of hydrogen-bond acceptors (Lipinski definition) is 4. The molecule has 21 heavy (non-hydrogen) atoms. The fourth-order valence-electron chi connectivity index (χ4n) is 2.28. The lowest BCUT2D eigenvalue weighted by Gasteiger charge is -2.33. The summed E-state index contributed by atoms with van der Waals surface area (Å²) < 4.78 is 38.4. The predicted octanol–water partition coefficient (Wildman–Crippen LogP) is 2.74. The van der Waals surface area contributed by atoms with Crippen molar-refractivity contribution in [2.75, 3.05) is 23.7 Å². The summed E-state index contributed by atoms with van der Waals surface area (Å²) in [5.41, 5.74) is 5.40. The normalized spacial score (nSPS) is 20.7. The molecule has 1 atom stereocenters. The molecule has 1 fully saturated rings. The fourth-order valence-corrected chi connectivity index (χ4v) is 3.30. The van der Waals surface area contributed by atoms with Gasteiger partial charge in [0.15, 0.2) is 5.84 Å². The molecule has 0 saturated carbocycles. The van der Waals surface area contributed by atoms with Crippen LogP contribution in [-0.4, -0.2) is 35.1 Å². The second kappa shape index (κ2) is 6.05. The molecule has 0 bridgehead atoms. The first-order valence-electron chi connectivity index (χ1n) is 6.38. The molecule has 8 heteroatoms. The van der Waals surface area contributed by atoms with Gasteiger partial charge >= 0.3 is 6.18 Å². The molecule has 1 saturated heterocycles. The zero-order valence-electron chi connectivity index (χ0n) is 11.4. The Balaban J connectivity index is 2.45. The van der Waals surface area contributed by atoms with Crippen molar-refractivity contribution in [3.8, 4) is 0 Å². The largest absolute Gasteiger partial charge is 0.416 e. The van der Waals surface area contributed by atoms with Crippen LogP contribution in [-0.2, 0) is 6.18 Å². The van der Waals surface area contributed by atoms with Gasteiger partial charge in [0.2, 0.25) is 0 Å². The third-order valence-electron chi connectivity index (χ3n) is 3.29. The van der Waals surface area contributed by atoms with E-state index in [2.05, 4.69) is 12.1 Å². The van der Waals surface area contributed by atoms with E-state index >= 15 is 0 Å². The zero-order valence-corrected chi connectivity index (χ0v) is 12.2. The Morgan fingerprint density at radius 2 is 2.19 bits per heavy atom. The molecule has 0 radical (unpaired) electrons. The molecule has 0 amide bonds. The van der Waals surface area contributed by atoms with Gasteiger partial charge in [0.05, 0.1) is 5.56 Å². The molecule has 0 spiro atoms. The highest BCUT2D eigenvalue weighted by atomic mass is 32.2. The average molecular weight is 319 g/mol. The Kier molecular flexibility index (Phi) is 4.55. The van der Waals surface area contributed by atoms with Crippen molar-refractivity contribution in [1.29, 1.82) is 0 Å². The summed E-state index contributed by atoms with van der Waals surface area (Å²) in [7, 11) is 0. The molecule has 1 aromatic carbocycles. The van der Waals surface area contributed by atoms with Gasteiger partial charge in [-0.25, -0.2) is 0 Å². The van der Waals surface area contributed by atoms with Crippen LogP contribution in [0.3, 0.4) is 0 Å². The highest BCUT2D eigenvalue weighted by Crippen LogP contribution is 2.34. The quantitative estimate of drug-likeness (QED) is 0.381. The molecule has 1 aliphatic rings. The van der Waals surface area contributed by atoms with Crippen LogP contribution in [0.25, 0.3) is 0 Å². The van der Waals surface area contributed by atoms with Crippen LogP contribution >= 0.6 is 11.8 Å². The second-order valence-corrected chi connectivity index (χ2v) is 6.39. The van der Waals surface area contributed by atoms with Crippen LogP contribution in [0.4, 0.5) is 18.9 Å². The molecule has 1 unspecified atom stereocenters. The maximum atomic E-state index is 12.8. The van der Waals surface area contributed by atoms with E-state index in [4.69, 9.17) is 10.9 Å². The van der Waals surface area contributed by atoms with Crippen LogP contribution in [0.1, 0.15) is 18.1 Å². The summed E-state index contributed by atoms with van der Waals surface area (Å²) in [4.78, 5) is 1.97. The molecular formula is C13H16F3N3OS. The minimum Gasteiger partial charge on any atom is -0.409 e. The third-order valence-corrected chi connectivity index (χ3v) is 4.43. The van der Waals surface area contributed by atoms with E-state index in [0.29, 0.717) is 24.0 Å². The number of rotatable bonds is 2. The molecule has 1 aliphatic heterocycles. The second-order valence-electron chi connectivity index (χ2n) is 4.84. The molecule has 3 N–H and O–H groups in total. The van der Waals surface area contributed by atoms with Gasteiger partial charge in [-0.15, -0.1) is 0 Å². The van der Waals surface area contributed by atoms with Crippen LogP contribution < -0.4 is 10.6 Å². The van der Waals surface area contributed by atoms with Crippen molar-refractivity contribution in [2.45, 2.75) is 18.3 Å². The molecule has 4 nitrogen and oxygen atoms in total. The van der Waals surface area contributed by atoms with Gasteiger partial charge in [0, 0.05) is 35.3 Å². The zero-order chi connectivity index (χ0) is 15.6. The highest BCUT2D eigenvalue weighted by Gasteiger charge is 2.32. The SMILES string of the molecule is CC1CN(c2ccc(C(F)(F)F)cc2/C(N)=N/O)CCS1. The van der Waals surface area contributed by atoms with E-state index < -0.39 is 11.7 Å². The predicted molar refractivity (Wildman–Crippen MR) is 78.1 cm³/mol. The standard InChI is InChI=1S/C13H16F3N3OS/c1-8-7-19(4-5-21-8)11-3-2-9(13(14,15)16)6-10(11)12(17)18-20/h2-3,6,8,20H,4-5,7H2,1H3,(H2,17,18). The van der Waals surface area contributed by atoms with Crippen LogP contribution in [0, 0.1) is 0 Å². The summed E-state index contributed by atoms with van der Waals surface area (Å²) in [6, 6.07) is 3.34. The topological polar surface area (TPSA) is 61.8 Å². The lowest BCUT2D eigenvalue weighted by Crippen LogP contribution is -2.38. The maximum Gasteiger partial charge on any atom is 0.416 e. The lowest BCUT2D eigenvalue weighted by atomic mass is 10.1. The Morgan fingerprint density at radius 3 is 2.76 bits per heavy atom. The van der Waals surface area contributed by atoms with E-state index in [-0.39, 0.29) is 11.4 Å². The van der Waals surface area contributed by atoms with Crippen LogP contribution in [0.5, 0.6) is 0 Å². The molecule has 0 aliphatic carbocycles. The Labute approximate surface area is 124 Å². The first kappa shape index (κ1) is 15.8. The molecule has 0 aromatic heterocycles. The van der Waals surface area contributed by atoms with Crippen LogP contribution in [0.15, 0.2) is 23.4 Å². The van der Waals surface area contributed by atoms with Gasteiger partial charge in [-0.05, 0) is 18.2 Å². The number of anilines is 1. The van der Waals surface area contributed by atoms with Gasteiger partial charge in [-0.2, -0.15) is 24.9 Å². The van der Waals surface area contributed by atoms with Crippen molar-refractivity contribution in [2.24, 2.45) is 10.9 Å². The lowest BCUT2D eigenvalue weighted by molar-refractivity contribution is -0.137. The summed E-state index contributed by atoms with van der Waals surface area (Å²) in [6.45, 7) is 3.48.